The van der Waals surface area contributed by atoms with E-state index in [1.807, 2.05) is 12.3 Å². The molecular formula is C35H32Cl2NSiZr. The van der Waals surface area contributed by atoms with E-state index in [9.17, 15) is 0 Å². The molecule has 1 heterocycles. The quantitative estimate of drug-likeness (QED) is 0.169. The molecule has 0 radical (unpaired) electrons. The second kappa shape index (κ2) is 9.63. The van der Waals surface area contributed by atoms with Crippen LogP contribution in [0.4, 0.5) is 0 Å². The predicted octanol–water partition coefficient (Wildman–Crippen LogP) is 9.63. The van der Waals surface area contributed by atoms with Crippen LogP contribution < -0.4 is 3.27 Å². The van der Waals surface area contributed by atoms with Crippen LogP contribution in [0.5, 0.6) is 0 Å². The summed E-state index contributed by atoms with van der Waals surface area (Å²) < 4.78 is 1.38. The van der Waals surface area contributed by atoms with Crippen LogP contribution in [-0.2, 0) is 22.0 Å². The van der Waals surface area contributed by atoms with Crippen molar-refractivity contribution in [3.8, 4) is 22.3 Å². The fraction of sp³-hybridized carbons (Fsp3) is 0.171. The summed E-state index contributed by atoms with van der Waals surface area (Å²) in [4.78, 5) is 4.79. The van der Waals surface area contributed by atoms with Crippen LogP contribution in [0.15, 0.2) is 103 Å². The first-order valence-corrected chi connectivity index (χ1v) is 30.4. The van der Waals surface area contributed by atoms with E-state index in [0.717, 1.165) is 29.3 Å². The Hall–Kier alpha value is -2.29. The van der Waals surface area contributed by atoms with Crippen molar-refractivity contribution in [3.63, 3.8) is 0 Å². The molecule has 0 bridgehead atoms. The molecule has 0 spiro atoms. The molecule has 0 saturated heterocycles. The van der Waals surface area contributed by atoms with Gasteiger partial charge in [-0.25, -0.2) is 0 Å². The Morgan fingerprint density at radius 2 is 1.57 bits per heavy atom. The number of pyridine rings is 1. The average molecular weight is 657 g/mol. The van der Waals surface area contributed by atoms with Crippen molar-refractivity contribution in [2.24, 2.45) is 0 Å². The summed E-state index contributed by atoms with van der Waals surface area (Å²) in [6.07, 6.45) is 6.28. The van der Waals surface area contributed by atoms with E-state index in [4.69, 9.17) is 22.0 Å². The average Bonchev–Trinajstić information content (AvgIpc) is 3.56. The van der Waals surface area contributed by atoms with Crippen LogP contribution in [0.25, 0.3) is 39.2 Å². The zero-order valence-corrected chi connectivity index (χ0v) is 28.2. The van der Waals surface area contributed by atoms with Gasteiger partial charge in [0, 0.05) is 0 Å². The molecular weight excluding hydrogens is 625 g/mol. The molecule has 1 unspecified atom stereocenters. The molecule has 40 heavy (non-hydrogen) atoms. The first-order chi connectivity index (χ1) is 19.3. The van der Waals surface area contributed by atoms with Crippen molar-refractivity contribution in [2.75, 3.05) is 0 Å². The molecule has 0 amide bonds. The van der Waals surface area contributed by atoms with Gasteiger partial charge < -0.3 is 0 Å². The van der Waals surface area contributed by atoms with Crippen LogP contribution in [-0.4, -0.2) is 10.9 Å². The molecule has 2 aliphatic carbocycles. The van der Waals surface area contributed by atoms with E-state index in [1.54, 1.807) is 0 Å². The fourth-order valence-corrected chi connectivity index (χ4v) is 35.3. The van der Waals surface area contributed by atoms with Gasteiger partial charge in [0.15, 0.2) is 0 Å². The van der Waals surface area contributed by atoms with Gasteiger partial charge in [-0.2, -0.15) is 0 Å². The Bertz CT molecular complexity index is 1860. The van der Waals surface area contributed by atoms with Gasteiger partial charge in [0.25, 0.3) is 0 Å². The van der Waals surface area contributed by atoms with Gasteiger partial charge in [-0.3, -0.25) is 0 Å². The number of aromatic nitrogens is 1. The van der Waals surface area contributed by atoms with Crippen LogP contribution in [0, 0.1) is 0 Å². The second-order valence-corrected chi connectivity index (χ2v) is 53.1. The number of hydrogen-bond donors (Lipinski definition) is 0. The number of fused-ring (bicyclic) bond motifs is 5. The molecule has 0 aliphatic heterocycles. The Morgan fingerprint density at radius 1 is 0.850 bits per heavy atom. The number of halogens is 2. The van der Waals surface area contributed by atoms with E-state index < -0.39 is 21.5 Å². The molecule has 2 aliphatic rings. The summed E-state index contributed by atoms with van der Waals surface area (Å²) in [6, 6.07) is 32.8. The minimum absolute atomic E-state index is 0.0833. The number of benzene rings is 4. The molecule has 5 heteroatoms. The number of rotatable bonds is 5. The zero-order valence-electron chi connectivity index (χ0n) is 23.1. The first-order valence-electron chi connectivity index (χ1n) is 14.3. The van der Waals surface area contributed by atoms with E-state index in [-0.39, 0.29) is 3.63 Å². The third-order valence-corrected chi connectivity index (χ3v) is 59.4. The molecule has 0 saturated carbocycles. The van der Waals surface area contributed by atoms with Gasteiger partial charge in [0.2, 0.25) is 0 Å². The summed E-state index contributed by atoms with van der Waals surface area (Å²) in [7, 11) is 16.7. The van der Waals surface area contributed by atoms with Gasteiger partial charge in [0.05, 0.1) is 0 Å². The summed E-state index contributed by atoms with van der Waals surface area (Å²) in [5, 5.41) is 1.15. The molecule has 1 atom stereocenters. The number of para-hydroxylation sites is 1. The summed E-state index contributed by atoms with van der Waals surface area (Å²) >= 11 is -4.71. The first kappa shape index (κ1) is 26.6. The van der Waals surface area contributed by atoms with Crippen LogP contribution >= 0.6 is 17.0 Å². The summed E-state index contributed by atoms with van der Waals surface area (Å²) in [6.45, 7) is 7.06. The number of nitrogens with zero attached hydrogens (tertiary/aromatic N) is 1. The van der Waals surface area contributed by atoms with Gasteiger partial charge in [-0.15, -0.1) is 0 Å². The van der Waals surface area contributed by atoms with E-state index in [1.165, 1.54) is 47.8 Å². The number of hydrogen-bond acceptors (Lipinski definition) is 1. The maximum absolute atomic E-state index is 8.35. The zero-order chi connectivity index (χ0) is 27.7. The van der Waals surface area contributed by atoms with Gasteiger partial charge in [-0.1, -0.05) is 0 Å². The third-order valence-electron chi connectivity index (χ3n) is 9.41. The van der Waals surface area contributed by atoms with Crippen molar-refractivity contribution in [1.29, 1.82) is 0 Å². The molecule has 1 nitrogen and oxygen atoms in total. The number of allylic oxidation sites excluding steroid dienone is 1. The second-order valence-electron chi connectivity index (χ2n) is 11.7. The summed E-state index contributed by atoms with van der Waals surface area (Å²) in [5.41, 5.74) is 12.7. The normalized spacial score (nSPS) is 16.8. The van der Waals surface area contributed by atoms with Gasteiger partial charge >= 0.3 is 247 Å². The van der Waals surface area contributed by atoms with Crippen molar-refractivity contribution >= 4 is 43.2 Å². The van der Waals surface area contributed by atoms with E-state index in [0.29, 0.717) is 0 Å². The standard InChI is InChI=1S/C20H16N.C13H9.C2H7Si.2ClH.Zr/c1-2-14-10-15-7-5-8-18(19(15)11-14)17-12-16-6-3-4-9-20(16)21-13-17;1-3-7-12-10(5-1)9-11-6-2-4-8-13(11)12;1-3-2;;;/h3-13H,2H2,1H3;1-5,7-8H,9H2;3H,1-2H3;2*1H;/q;;;;;+2/p-2. The SMILES string of the molecule is CCC1=Cc2c(-c3cnc4ccccc4c3)cccc2[CH]1[Zr]([Cl])([Cl])([c]1cccc2c1Cc1ccccc1-2)[SiH](C)C. The molecule has 199 valence electrons. The van der Waals surface area contributed by atoms with Crippen LogP contribution in [0.3, 0.4) is 0 Å². The third kappa shape index (κ3) is 3.78. The Balaban J connectivity index is 1.45. The van der Waals surface area contributed by atoms with Crippen molar-refractivity contribution in [3.05, 3.63) is 125 Å². The van der Waals surface area contributed by atoms with Crippen LogP contribution in [0.1, 0.15) is 39.2 Å². The molecule has 4 aromatic carbocycles. The molecule has 0 fully saturated rings. The molecule has 5 aromatic rings. The minimum atomic E-state index is -4.71. The Kier molecular flexibility index (Phi) is 6.41. The Morgan fingerprint density at radius 3 is 2.40 bits per heavy atom. The van der Waals surface area contributed by atoms with E-state index in [2.05, 4.69) is 111 Å². The van der Waals surface area contributed by atoms with Crippen molar-refractivity contribution in [2.45, 2.75) is 36.5 Å². The fourth-order valence-electron chi connectivity index (χ4n) is 7.27. The maximum atomic E-state index is 8.35. The van der Waals surface area contributed by atoms with Crippen LogP contribution in [0.2, 0.25) is 13.1 Å². The van der Waals surface area contributed by atoms with Crippen molar-refractivity contribution < 1.29 is 15.6 Å². The molecule has 7 rings (SSSR count). The predicted molar refractivity (Wildman–Crippen MR) is 173 cm³/mol. The molecule has 0 N–H and O–H groups in total. The van der Waals surface area contributed by atoms with Crippen molar-refractivity contribution in [1.82, 2.24) is 4.98 Å². The topological polar surface area (TPSA) is 12.9 Å². The van der Waals surface area contributed by atoms with E-state index >= 15 is 0 Å². The monoisotopic (exact) mass is 654 g/mol. The summed E-state index contributed by atoms with van der Waals surface area (Å²) in [5.74, 6) is -1.57. The van der Waals surface area contributed by atoms with Gasteiger partial charge in [-0.05, 0) is 0 Å². The van der Waals surface area contributed by atoms with Gasteiger partial charge in [0.1, 0.15) is 0 Å². The molecule has 1 aromatic heterocycles. The Labute approximate surface area is 245 Å².